The molecule has 0 N–H and O–H groups in total. The lowest BCUT2D eigenvalue weighted by Crippen LogP contribution is -2.27. The number of pyridine rings is 1. The van der Waals surface area contributed by atoms with Crippen LogP contribution < -0.4 is 10.6 Å². The fraction of sp³-hybridized carbons (Fsp3) is 0.231. The van der Waals surface area contributed by atoms with Crippen LogP contribution in [-0.2, 0) is 4.74 Å². The van der Waals surface area contributed by atoms with E-state index in [2.05, 4.69) is 23.0 Å². The van der Waals surface area contributed by atoms with Gasteiger partial charge in [0.25, 0.3) is 0 Å². The van der Waals surface area contributed by atoms with Crippen molar-refractivity contribution in [3.63, 3.8) is 0 Å². The van der Waals surface area contributed by atoms with Gasteiger partial charge in [-0.2, -0.15) is 0 Å². The molecule has 3 rings (SSSR count). The van der Waals surface area contributed by atoms with Gasteiger partial charge in [-0.25, -0.2) is 0 Å². The minimum Gasteiger partial charge on any atom is -0.498 e. The summed E-state index contributed by atoms with van der Waals surface area (Å²) in [5.74, 6) is 0. The second kappa shape index (κ2) is 3.59. The number of aromatic nitrogens is 1. The van der Waals surface area contributed by atoms with E-state index in [0.29, 0.717) is 6.61 Å². The van der Waals surface area contributed by atoms with Gasteiger partial charge >= 0.3 is 0 Å². The molecule has 0 aliphatic carbocycles. The van der Waals surface area contributed by atoms with Gasteiger partial charge in [0.05, 0.1) is 28.4 Å². The molecule has 0 radical (unpaired) electrons. The van der Waals surface area contributed by atoms with Gasteiger partial charge in [-0.3, -0.25) is 9.98 Å². The number of hydrogen-bond donors (Lipinski definition) is 0. The maximum atomic E-state index is 5.42. The number of rotatable bonds is 0. The summed E-state index contributed by atoms with van der Waals surface area (Å²) in [5.41, 5.74) is 0.979. The van der Waals surface area contributed by atoms with Crippen molar-refractivity contribution in [1.29, 1.82) is 0 Å². The highest BCUT2D eigenvalue weighted by Crippen LogP contribution is 2.04. The quantitative estimate of drug-likeness (QED) is 0.653. The molecule has 80 valence electrons. The lowest BCUT2D eigenvalue weighted by atomic mass is 10.2. The molecule has 16 heavy (non-hydrogen) atoms. The number of para-hydroxylation sites is 1. The normalized spacial score (nSPS) is 18.9. The molecule has 0 fully saturated rings. The Bertz CT molecular complexity index is 649. The van der Waals surface area contributed by atoms with Crippen LogP contribution in [0.5, 0.6) is 0 Å². The van der Waals surface area contributed by atoms with Crippen LogP contribution in [0.4, 0.5) is 0 Å². The summed E-state index contributed by atoms with van der Waals surface area (Å²) in [4.78, 5) is 9.06. The highest BCUT2D eigenvalue weighted by Gasteiger charge is 2.05. The van der Waals surface area contributed by atoms with Crippen LogP contribution in [0, 0.1) is 0 Å². The molecule has 3 heteroatoms. The maximum absolute atomic E-state index is 5.42. The van der Waals surface area contributed by atoms with E-state index in [1.165, 1.54) is 0 Å². The predicted octanol–water partition coefficient (Wildman–Crippen LogP) is 1.01. The van der Waals surface area contributed by atoms with E-state index < -0.39 is 0 Å². The topological polar surface area (TPSA) is 34.5 Å². The van der Waals surface area contributed by atoms with E-state index in [1.54, 1.807) is 6.26 Å². The van der Waals surface area contributed by atoms with Gasteiger partial charge < -0.3 is 4.74 Å². The SMILES string of the molecule is CC1COC=c2cnc3ccccc3c2=N1. The second-order valence-corrected chi connectivity index (χ2v) is 4.01. The van der Waals surface area contributed by atoms with E-state index >= 15 is 0 Å². The van der Waals surface area contributed by atoms with Crippen LogP contribution in [0.1, 0.15) is 6.92 Å². The summed E-state index contributed by atoms with van der Waals surface area (Å²) in [5, 5.41) is 3.05. The molecular formula is C13H12N2O. The Morgan fingerprint density at radius 3 is 3.12 bits per heavy atom. The average molecular weight is 212 g/mol. The van der Waals surface area contributed by atoms with Crippen LogP contribution in [0.25, 0.3) is 17.2 Å². The molecule has 0 saturated heterocycles. The zero-order chi connectivity index (χ0) is 11.0. The highest BCUT2D eigenvalue weighted by molar-refractivity contribution is 5.77. The first-order valence-electron chi connectivity index (χ1n) is 5.38. The van der Waals surface area contributed by atoms with Gasteiger partial charge in [-0.15, -0.1) is 0 Å². The van der Waals surface area contributed by atoms with Crippen molar-refractivity contribution in [2.75, 3.05) is 6.61 Å². The summed E-state index contributed by atoms with van der Waals surface area (Å²) < 4.78 is 5.42. The number of hydrogen-bond acceptors (Lipinski definition) is 3. The molecule has 1 unspecified atom stereocenters. The summed E-state index contributed by atoms with van der Waals surface area (Å²) in [6.45, 7) is 2.68. The maximum Gasteiger partial charge on any atom is 0.109 e. The fourth-order valence-corrected chi connectivity index (χ4v) is 1.91. The smallest absolute Gasteiger partial charge is 0.109 e. The molecule has 1 aromatic carbocycles. The fourth-order valence-electron chi connectivity index (χ4n) is 1.91. The molecule has 1 aliphatic rings. The zero-order valence-electron chi connectivity index (χ0n) is 9.05. The van der Waals surface area contributed by atoms with Gasteiger partial charge in [-0.1, -0.05) is 18.2 Å². The molecule has 3 nitrogen and oxygen atoms in total. The number of nitrogens with zero attached hydrogens (tertiary/aromatic N) is 2. The van der Waals surface area contributed by atoms with Crippen LogP contribution in [-0.4, -0.2) is 17.6 Å². The first kappa shape index (κ1) is 9.33. The summed E-state index contributed by atoms with van der Waals surface area (Å²) >= 11 is 0. The van der Waals surface area contributed by atoms with Crippen LogP contribution in [0.2, 0.25) is 0 Å². The molecule has 0 bridgehead atoms. The lowest BCUT2D eigenvalue weighted by molar-refractivity contribution is 0.276. The Morgan fingerprint density at radius 1 is 1.31 bits per heavy atom. The van der Waals surface area contributed by atoms with E-state index in [9.17, 15) is 0 Å². The first-order chi connectivity index (χ1) is 7.84. The minimum atomic E-state index is 0.184. The van der Waals surface area contributed by atoms with Gasteiger partial charge in [0, 0.05) is 11.6 Å². The third kappa shape index (κ3) is 1.45. The zero-order valence-corrected chi connectivity index (χ0v) is 9.05. The minimum absolute atomic E-state index is 0.184. The van der Waals surface area contributed by atoms with Crippen molar-refractivity contribution in [1.82, 2.24) is 4.98 Å². The number of ether oxygens (including phenoxy) is 1. The molecule has 1 aliphatic heterocycles. The predicted molar refractivity (Wildman–Crippen MR) is 62.4 cm³/mol. The van der Waals surface area contributed by atoms with Gasteiger partial charge in [0.1, 0.15) is 6.61 Å². The van der Waals surface area contributed by atoms with Crippen LogP contribution in [0.3, 0.4) is 0 Å². The van der Waals surface area contributed by atoms with Gasteiger partial charge in [0.2, 0.25) is 0 Å². The van der Waals surface area contributed by atoms with Gasteiger partial charge in [0.15, 0.2) is 0 Å². The van der Waals surface area contributed by atoms with Crippen molar-refractivity contribution in [2.24, 2.45) is 4.99 Å². The molecule has 0 saturated carbocycles. The Labute approximate surface area is 93.1 Å². The van der Waals surface area contributed by atoms with E-state index in [0.717, 1.165) is 21.5 Å². The Balaban J connectivity index is 2.50. The lowest BCUT2D eigenvalue weighted by Gasteiger charge is -2.01. The average Bonchev–Trinajstić information content (AvgIpc) is 2.50. The highest BCUT2D eigenvalue weighted by atomic mass is 16.5. The molecule has 0 spiro atoms. The van der Waals surface area contributed by atoms with Crippen molar-refractivity contribution in [3.05, 3.63) is 41.0 Å². The van der Waals surface area contributed by atoms with E-state index in [1.807, 2.05) is 24.4 Å². The first-order valence-corrected chi connectivity index (χ1v) is 5.38. The monoisotopic (exact) mass is 212 g/mol. The van der Waals surface area contributed by atoms with Gasteiger partial charge in [-0.05, 0) is 13.0 Å². The molecule has 1 atom stereocenters. The van der Waals surface area contributed by atoms with E-state index in [4.69, 9.17) is 4.74 Å². The van der Waals surface area contributed by atoms with E-state index in [-0.39, 0.29) is 6.04 Å². The van der Waals surface area contributed by atoms with Crippen LogP contribution >= 0.6 is 0 Å². The molecule has 2 aromatic rings. The largest absolute Gasteiger partial charge is 0.498 e. The van der Waals surface area contributed by atoms with Crippen molar-refractivity contribution < 1.29 is 4.74 Å². The standard InChI is InChI=1S/C13H12N2O/c1-9-7-16-8-10-6-14-12-5-3-2-4-11(12)13(10)15-9/h2-6,8-9H,7H2,1H3. The molecule has 1 aromatic heterocycles. The summed E-state index contributed by atoms with van der Waals surface area (Å²) in [6, 6.07) is 8.24. The van der Waals surface area contributed by atoms with Crippen molar-refractivity contribution in [2.45, 2.75) is 13.0 Å². The van der Waals surface area contributed by atoms with Crippen LogP contribution in [0.15, 0.2) is 35.5 Å². The summed E-state index contributed by atoms with van der Waals surface area (Å²) in [7, 11) is 0. The second-order valence-electron chi connectivity index (χ2n) is 4.01. The number of benzene rings is 1. The number of fused-ring (bicyclic) bond motifs is 3. The Kier molecular flexibility index (Phi) is 2.10. The molecular weight excluding hydrogens is 200 g/mol. The molecule has 2 heterocycles. The third-order valence-corrected chi connectivity index (χ3v) is 2.67. The summed E-state index contributed by atoms with van der Waals surface area (Å²) in [6.07, 6.45) is 3.57. The third-order valence-electron chi connectivity index (χ3n) is 2.67. The Hall–Kier alpha value is -1.90. The molecule has 0 amide bonds. The Morgan fingerprint density at radius 2 is 2.19 bits per heavy atom. The van der Waals surface area contributed by atoms with Crippen molar-refractivity contribution in [3.8, 4) is 0 Å². The van der Waals surface area contributed by atoms with Crippen molar-refractivity contribution >= 4 is 17.2 Å².